The highest BCUT2D eigenvalue weighted by atomic mass is 19.1. The van der Waals surface area contributed by atoms with Gasteiger partial charge in [-0.2, -0.15) is 0 Å². The van der Waals surface area contributed by atoms with Gasteiger partial charge in [-0.25, -0.2) is 4.39 Å². The summed E-state index contributed by atoms with van der Waals surface area (Å²) in [5, 5.41) is 3.18. The first-order chi connectivity index (χ1) is 8.24. The van der Waals surface area contributed by atoms with E-state index in [0.29, 0.717) is 0 Å². The predicted molar refractivity (Wildman–Crippen MR) is 62.2 cm³/mol. The van der Waals surface area contributed by atoms with Gasteiger partial charge in [0.15, 0.2) is 0 Å². The Hall–Kier alpha value is -1.68. The van der Waals surface area contributed by atoms with E-state index in [1.807, 2.05) is 6.08 Å². The zero-order chi connectivity index (χ0) is 12.1. The minimum atomic E-state index is -0.408. The van der Waals surface area contributed by atoms with Crippen LogP contribution >= 0.6 is 0 Å². The molecule has 0 amide bonds. The first-order valence-corrected chi connectivity index (χ1v) is 5.59. The Morgan fingerprint density at radius 2 is 2.35 bits per heavy atom. The van der Waals surface area contributed by atoms with Crippen LogP contribution in [0.3, 0.4) is 0 Å². The minimum Gasteiger partial charge on any atom is -0.426 e. The second-order valence-electron chi connectivity index (χ2n) is 3.94. The third-order valence-electron chi connectivity index (χ3n) is 2.51. The molecule has 3 nitrogen and oxygen atoms in total. The normalized spacial score (nSPS) is 15.2. The van der Waals surface area contributed by atoms with Crippen molar-refractivity contribution >= 4 is 5.97 Å². The molecule has 0 aliphatic carbocycles. The van der Waals surface area contributed by atoms with Crippen LogP contribution in [-0.4, -0.2) is 19.1 Å². The molecule has 1 heterocycles. The van der Waals surface area contributed by atoms with Gasteiger partial charge in [0.1, 0.15) is 11.6 Å². The molecule has 1 aliphatic heterocycles. The Bertz CT molecular complexity index is 443. The summed E-state index contributed by atoms with van der Waals surface area (Å²) in [6, 6.07) is 5.59. The Kier molecular flexibility index (Phi) is 3.88. The number of halogens is 1. The van der Waals surface area contributed by atoms with Crippen molar-refractivity contribution < 1.29 is 13.9 Å². The van der Waals surface area contributed by atoms with Gasteiger partial charge in [-0.15, -0.1) is 0 Å². The Morgan fingerprint density at radius 1 is 1.47 bits per heavy atom. The van der Waals surface area contributed by atoms with Crippen molar-refractivity contribution in [3.63, 3.8) is 0 Å². The maximum atomic E-state index is 12.9. The van der Waals surface area contributed by atoms with E-state index in [4.69, 9.17) is 4.74 Å². The van der Waals surface area contributed by atoms with Crippen molar-refractivity contribution in [3.8, 4) is 5.75 Å². The summed E-state index contributed by atoms with van der Waals surface area (Å²) in [7, 11) is 0. The highest BCUT2D eigenvalue weighted by molar-refractivity contribution is 5.75. The van der Waals surface area contributed by atoms with Crippen molar-refractivity contribution in [2.24, 2.45) is 0 Å². The Balaban J connectivity index is 1.91. The fourth-order valence-corrected chi connectivity index (χ4v) is 1.72. The average molecular weight is 235 g/mol. The molecule has 0 atom stereocenters. The number of ether oxygens (including phenoxy) is 1. The van der Waals surface area contributed by atoms with Gasteiger partial charge in [-0.1, -0.05) is 12.1 Å². The van der Waals surface area contributed by atoms with Gasteiger partial charge in [-0.3, -0.25) is 4.79 Å². The van der Waals surface area contributed by atoms with Crippen molar-refractivity contribution in [1.29, 1.82) is 0 Å². The van der Waals surface area contributed by atoms with E-state index in [2.05, 4.69) is 5.32 Å². The summed E-state index contributed by atoms with van der Waals surface area (Å²) in [5.41, 5.74) is 1.03. The maximum absolute atomic E-state index is 12.9. The third kappa shape index (κ3) is 3.67. The molecule has 0 aromatic heterocycles. The van der Waals surface area contributed by atoms with Crippen LogP contribution < -0.4 is 10.1 Å². The second kappa shape index (κ2) is 5.59. The van der Waals surface area contributed by atoms with Crippen molar-refractivity contribution in [3.05, 3.63) is 41.7 Å². The zero-order valence-electron chi connectivity index (χ0n) is 9.41. The fourth-order valence-electron chi connectivity index (χ4n) is 1.72. The summed E-state index contributed by atoms with van der Waals surface area (Å²) in [6.45, 7) is 1.67. The second-order valence-corrected chi connectivity index (χ2v) is 3.94. The predicted octanol–water partition coefficient (Wildman–Crippen LogP) is 2.04. The molecule has 17 heavy (non-hydrogen) atoms. The maximum Gasteiger partial charge on any atom is 0.315 e. The molecular formula is C13H14FNO2. The molecule has 0 saturated heterocycles. The SMILES string of the molecule is O=C(CC1=CCCNC1)Oc1cccc(F)c1. The van der Waals surface area contributed by atoms with Crippen LogP contribution in [0.1, 0.15) is 12.8 Å². The van der Waals surface area contributed by atoms with Gasteiger partial charge in [-0.05, 0) is 30.7 Å². The topological polar surface area (TPSA) is 38.3 Å². The van der Waals surface area contributed by atoms with Gasteiger partial charge in [0.2, 0.25) is 0 Å². The Labute approximate surface area is 99.3 Å². The van der Waals surface area contributed by atoms with Gasteiger partial charge in [0.05, 0.1) is 6.42 Å². The largest absolute Gasteiger partial charge is 0.426 e. The van der Waals surface area contributed by atoms with Gasteiger partial charge in [0, 0.05) is 12.6 Å². The third-order valence-corrected chi connectivity index (χ3v) is 2.51. The molecule has 0 bridgehead atoms. The lowest BCUT2D eigenvalue weighted by Crippen LogP contribution is -2.24. The number of carbonyl (C=O) groups excluding carboxylic acids is 1. The Morgan fingerprint density at radius 3 is 3.06 bits per heavy atom. The summed E-state index contributed by atoms with van der Waals surface area (Å²) in [5.74, 6) is -0.515. The van der Waals surface area contributed by atoms with Gasteiger partial charge in [0.25, 0.3) is 0 Å². The number of hydrogen-bond donors (Lipinski definition) is 1. The highest BCUT2D eigenvalue weighted by Crippen LogP contribution is 2.14. The smallest absolute Gasteiger partial charge is 0.315 e. The van der Waals surface area contributed by atoms with Crippen LogP contribution in [0.4, 0.5) is 4.39 Å². The fraction of sp³-hybridized carbons (Fsp3) is 0.308. The first kappa shape index (κ1) is 11.8. The molecule has 0 fully saturated rings. The first-order valence-electron chi connectivity index (χ1n) is 5.59. The molecule has 0 saturated carbocycles. The van der Waals surface area contributed by atoms with E-state index in [0.717, 1.165) is 25.1 Å². The zero-order valence-corrected chi connectivity index (χ0v) is 9.41. The van der Waals surface area contributed by atoms with Crippen molar-refractivity contribution in [1.82, 2.24) is 5.32 Å². The number of carbonyl (C=O) groups is 1. The molecular weight excluding hydrogens is 221 g/mol. The molecule has 4 heteroatoms. The number of esters is 1. The van der Waals surface area contributed by atoms with E-state index < -0.39 is 5.82 Å². The minimum absolute atomic E-state index is 0.249. The monoisotopic (exact) mass is 235 g/mol. The summed E-state index contributed by atoms with van der Waals surface area (Å²) < 4.78 is 17.9. The van der Waals surface area contributed by atoms with Crippen LogP contribution in [0.25, 0.3) is 0 Å². The summed E-state index contributed by atoms with van der Waals surface area (Å²) in [4.78, 5) is 11.6. The van der Waals surface area contributed by atoms with Gasteiger partial charge < -0.3 is 10.1 Å². The quantitative estimate of drug-likeness (QED) is 0.495. The lowest BCUT2D eigenvalue weighted by Gasteiger charge is -2.13. The molecule has 1 aromatic rings. The van der Waals surface area contributed by atoms with Gasteiger partial charge >= 0.3 is 5.97 Å². The van der Waals surface area contributed by atoms with Crippen LogP contribution in [-0.2, 0) is 4.79 Å². The molecule has 1 N–H and O–H groups in total. The van der Waals surface area contributed by atoms with Crippen LogP contribution in [0.15, 0.2) is 35.9 Å². The molecule has 1 aliphatic rings. The number of benzene rings is 1. The number of nitrogens with one attached hydrogen (secondary N) is 1. The summed E-state index contributed by atoms with van der Waals surface area (Å²) >= 11 is 0. The van der Waals surface area contributed by atoms with Crippen LogP contribution in [0, 0.1) is 5.82 Å². The molecule has 0 radical (unpaired) electrons. The van der Waals surface area contributed by atoms with E-state index in [1.54, 1.807) is 6.07 Å². The van der Waals surface area contributed by atoms with E-state index in [1.165, 1.54) is 18.2 Å². The lowest BCUT2D eigenvalue weighted by molar-refractivity contribution is -0.133. The molecule has 0 unspecified atom stereocenters. The van der Waals surface area contributed by atoms with E-state index in [-0.39, 0.29) is 18.1 Å². The van der Waals surface area contributed by atoms with Crippen molar-refractivity contribution in [2.75, 3.05) is 13.1 Å². The lowest BCUT2D eigenvalue weighted by atomic mass is 10.1. The van der Waals surface area contributed by atoms with Crippen LogP contribution in [0.5, 0.6) is 5.75 Å². The van der Waals surface area contributed by atoms with E-state index in [9.17, 15) is 9.18 Å². The van der Waals surface area contributed by atoms with Crippen molar-refractivity contribution in [2.45, 2.75) is 12.8 Å². The average Bonchev–Trinajstić information content (AvgIpc) is 2.30. The standard InChI is InChI=1S/C13H14FNO2/c14-11-4-1-5-12(8-11)17-13(16)7-10-3-2-6-15-9-10/h1,3-5,8,15H,2,6-7,9H2. The summed E-state index contributed by atoms with van der Waals surface area (Å²) in [6.07, 6.45) is 3.23. The van der Waals surface area contributed by atoms with Crippen LogP contribution in [0.2, 0.25) is 0 Å². The highest BCUT2D eigenvalue weighted by Gasteiger charge is 2.10. The molecule has 1 aromatic carbocycles. The molecule has 0 spiro atoms. The number of hydrogen-bond acceptors (Lipinski definition) is 3. The molecule has 90 valence electrons. The molecule has 2 rings (SSSR count). The van der Waals surface area contributed by atoms with E-state index >= 15 is 0 Å². The number of rotatable bonds is 3.